The highest BCUT2D eigenvalue weighted by Gasteiger charge is 2.31. The van der Waals surface area contributed by atoms with Gasteiger partial charge in [-0.25, -0.2) is 13.1 Å². The van der Waals surface area contributed by atoms with Crippen LogP contribution >= 0.6 is 0 Å². The summed E-state index contributed by atoms with van der Waals surface area (Å²) in [5.41, 5.74) is 1.90. The molecule has 0 unspecified atom stereocenters. The van der Waals surface area contributed by atoms with Crippen LogP contribution in [0.25, 0.3) is 33.1 Å². The highest BCUT2D eigenvalue weighted by atomic mass is 32.2. The number of hydrogen-bond donors (Lipinski definition) is 1. The lowest BCUT2D eigenvalue weighted by Gasteiger charge is -2.35. The number of carbonyl (C=O) groups is 1. The lowest BCUT2D eigenvalue weighted by atomic mass is 9.94. The minimum Gasteiger partial charge on any atom is -0.464 e. The Morgan fingerprint density at radius 2 is 1.94 bits per heavy atom. The Morgan fingerprint density at radius 3 is 2.67 bits per heavy atom. The van der Waals surface area contributed by atoms with E-state index in [2.05, 4.69) is 10.1 Å². The van der Waals surface area contributed by atoms with Gasteiger partial charge >= 0.3 is 0 Å². The number of piperidine rings is 1. The van der Waals surface area contributed by atoms with E-state index in [9.17, 15) is 18.3 Å². The second-order valence-electron chi connectivity index (χ2n) is 8.92. The molecule has 1 aliphatic rings. The van der Waals surface area contributed by atoms with Crippen LogP contribution in [0.4, 0.5) is 0 Å². The van der Waals surface area contributed by atoms with Crippen molar-refractivity contribution >= 4 is 37.6 Å². The van der Waals surface area contributed by atoms with Crippen LogP contribution in [-0.4, -0.2) is 64.0 Å². The van der Waals surface area contributed by atoms with Crippen molar-refractivity contribution in [3.05, 3.63) is 48.5 Å². The van der Waals surface area contributed by atoms with Crippen LogP contribution in [0.1, 0.15) is 30.3 Å². The van der Waals surface area contributed by atoms with Gasteiger partial charge in [-0.1, -0.05) is 18.2 Å². The number of fused-ring (bicyclic) bond motifs is 2. The standard InChI is InChI=1S/C23H24N4O5S/c1-23(29)7-9-26(10-8-23)22(28)18-11-19-16(12-24-18)21(25-27(19)14-33(2,30)31)17-13-32-20-6-4-3-5-15(17)20/h3-6,11-13,29H,7-10,14H2,1-2H3. The number of para-hydroxylation sites is 1. The molecular weight excluding hydrogens is 444 g/mol. The predicted octanol–water partition coefficient (Wildman–Crippen LogP) is 2.83. The van der Waals surface area contributed by atoms with Crippen LogP contribution in [0.2, 0.25) is 0 Å². The molecule has 9 nitrogen and oxygen atoms in total. The number of furan rings is 1. The Morgan fingerprint density at radius 1 is 1.21 bits per heavy atom. The molecule has 0 bridgehead atoms. The van der Waals surface area contributed by atoms with Gasteiger partial charge in [0.25, 0.3) is 5.91 Å². The number of aromatic nitrogens is 3. The molecule has 0 spiro atoms. The Hall–Kier alpha value is -3.24. The molecule has 4 heterocycles. The Balaban J connectivity index is 1.60. The molecule has 1 aromatic carbocycles. The van der Waals surface area contributed by atoms with E-state index in [-0.39, 0.29) is 17.5 Å². The topological polar surface area (TPSA) is 119 Å². The molecule has 0 saturated carbocycles. The van der Waals surface area contributed by atoms with Crippen LogP contribution in [0.5, 0.6) is 0 Å². The highest BCUT2D eigenvalue weighted by molar-refractivity contribution is 7.89. The normalized spacial score (nSPS) is 16.5. The summed E-state index contributed by atoms with van der Waals surface area (Å²) in [7, 11) is -3.40. The van der Waals surface area contributed by atoms with E-state index in [1.165, 1.54) is 4.68 Å². The molecule has 4 aromatic rings. The van der Waals surface area contributed by atoms with Crippen LogP contribution in [-0.2, 0) is 15.7 Å². The summed E-state index contributed by atoms with van der Waals surface area (Å²) >= 11 is 0. The molecule has 5 rings (SSSR count). The van der Waals surface area contributed by atoms with Gasteiger partial charge in [-0.3, -0.25) is 9.78 Å². The lowest BCUT2D eigenvalue weighted by Crippen LogP contribution is -2.45. The van der Waals surface area contributed by atoms with Crippen LogP contribution in [0.15, 0.2) is 47.2 Å². The summed E-state index contributed by atoms with van der Waals surface area (Å²) in [6.45, 7) is 2.63. The second kappa shape index (κ2) is 7.67. The van der Waals surface area contributed by atoms with Crippen molar-refractivity contribution in [3.63, 3.8) is 0 Å². The molecule has 1 amide bonds. The number of benzene rings is 1. The van der Waals surface area contributed by atoms with E-state index < -0.39 is 15.4 Å². The monoisotopic (exact) mass is 468 g/mol. The molecule has 33 heavy (non-hydrogen) atoms. The SMILES string of the molecule is CC1(O)CCN(C(=O)c2cc3c(cn2)c(-c2coc4ccccc24)nn3CS(C)(=O)=O)CC1. The fourth-order valence-electron chi connectivity index (χ4n) is 4.22. The van der Waals surface area contributed by atoms with Gasteiger partial charge < -0.3 is 14.4 Å². The maximum Gasteiger partial charge on any atom is 0.272 e. The fraction of sp³-hybridized carbons (Fsp3) is 0.348. The zero-order valence-corrected chi connectivity index (χ0v) is 19.2. The molecule has 172 valence electrons. The molecule has 1 N–H and O–H groups in total. The van der Waals surface area contributed by atoms with Crippen molar-refractivity contribution in [3.8, 4) is 11.3 Å². The zero-order valence-electron chi connectivity index (χ0n) is 18.4. The maximum atomic E-state index is 13.1. The third kappa shape index (κ3) is 4.11. The smallest absolute Gasteiger partial charge is 0.272 e. The maximum absolute atomic E-state index is 13.1. The molecule has 3 aromatic heterocycles. The van der Waals surface area contributed by atoms with Crippen molar-refractivity contribution in [2.75, 3.05) is 19.3 Å². The third-order valence-electron chi connectivity index (χ3n) is 6.08. The number of nitrogens with zero attached hydrogens (tertiary/aromatic N) is 4. The van der Waals surface area contributed by atoms with Crippen LogP contribution in [0.3, 0.4) is 0 Å². The molecule has 10 heteroatoms. The quantitative estimate of drug-likeness (QED) is 0.489. The summed E-state index contributed by atoms with van der Waals surface area (Å²) in [5, 5.41) is 16.2. The Bertz CT molecular complexity index is 1480. The van der Waals surface area contributed by atoms with Gasteiger partial charge in [0.2, 0.25) is 0 Å². The largest absolute Gasteiger partial charge is 0.464 e. The first-order valence-electron chi connectivity index (χ1n) is 10.6. The first-order valence-corrected chi connectivity index (χ1v) is 12.7. The van der Waals surface area contributed by atoms with Crippen molar-refractivity contribution in [2.24, 2.45) is 0 Å². The van der Waals surface area contributed by atoms with E-state index in [1.54, 1.807) is 30.4 Å². The molecule has 0 atom stereocenters. The number of sulfone groups is 1. The molecule has 0 aliphatic carbocycles. The second-order valence-corrected chi connectivity index (χ2v) is 11.0. The first-order chi connectivity index (χ1) is 15.6. The lowest BCUT2D eigenvalue weighted by molar-refractivity contribution is -0.00219. The molecule has 0 radical (unpaired) electrons. The van der Waals surface area contributed by atoms with Gasteiger partial charge in [-0.15, -0.1) is 0 Å². The summed E-state index contributed by atoms with van der Waals surface area (Å²) in [4.78, 5) is 19.1. The van der Waals surface area contributed by atoms with E-state index in [4.69, 9.17) is 4.42 Å². The summed E-state index contributed by atoms with van der Waals surface area (Å²) in [6.07, 6.45) is 5.27. The van der Waals surface area contributed by atoms with Crippen LogP contribution in [0, 0.1) is 0 Å². The first kappa shape index (κ1) is 21.6. The number of likely N-dealkylation sites (tertiary alicyclic amines) is 1. The van der Waals surface area contributed by atoms with Gasteiger partial charge in [-0.2, -0.15) is 5.10 Å². The van der Waals surface area contributed by atoms with E-state index in [1.807, 2.05) is 24.3 Å². The summed E-state index contributed by atoms with van der Waals surface area (Å²) in [5.74, 6) is -0.585. The molecule has 1 fully saturated rings. The van der Waals surface area contributed by atoms with E-state index >= 15 is 0 Å². The van der Waals surface area contributed by atoms with Crippen molar-refractivity contribution in [1.82, 2.24) is 19.7 Å². The number of rotatable bonds is 4. The van der Waals surface area contributed by atoms with Crippen LogP contribution < -0.4 is 0 Å². The number of aliphatic hydroxyl groups is 1. The predicted molar refractivity (Wildman–Crippen MR) is 123 cm³/mol. The number of pyridine rings is 1. The van der Waals surface area contributed by atoms with Gasteiger partial charge in [0.1, 0.15) is 29.1 Å². The average molecular weight is 469 g/mol. The highest BCUT2D eigenvalue weighted by Crippen LogP contribution is 2.35. The summed E-state index contributed by atoms with van der Waals surface area (Å²) < 4.78 is 31.2. The average Bonchev–Trinajstić information content (AvgIpc) is 3.33. The van der Waals surface area contributed by atoms with E-state index in [0.717, 1.165) is 17.2 Å². The minimum atomic E-state index is -3.40. The van der Waals surface area contributed by atoms with Gasteiger partial charge in [0.05, 0.1) is 11.1 Å². The van der Waals surface area contributed by atoms with E-state index in [0.29, 0.717) is 48.1 Å². The van der Waals surface area contributed by atoms with Gasteiger partial charge in [-0.05, 0) is 31.9 Å². The minimum absolute atomic E-state index is 0.210. The van der Waals surface area contributed by atoms with Crippen molar-refractivity contribution < 1.29 is 22.7 Å². The Kier molecular flexibility index (Phi) is 5.02. The van der Waals surface area contributed by atoms with Crippen molar-refractivity contribution in [1.29, 1.82) is 0 Å². The fourth-order valence-corrected chi connectivity index (χ4v) is 4.86. The van der Waals surface area contributed by atoms with Gasteiger partial charge in [0.15, 0.2) is 9.84 Å². The molecule has 1 aliphatic heterocycles. The Labute approximate surface area is 190 Å². The number of amides is 1. The molecule has 1 saturated heterocycles. The summed E-state index contributed by atoms with van der Waals surface area (Å²) in [6, 6.07) is 9.11. The molecular formula is C23H24N4O5S. The van der Waals surface area contributed by atoms with Gasteiger partial charge in [0, 0.05) is 41.9 Å². The number of hydrogen-bond acceptors (Lipinski definition) is 7. The zero-order chi connectivity index (χ0) is 23.4. The van der Waals surface area contributed by atoms with Crippen molar-refractivity contribution in [2.45, 2.75) is 31.2 Å². The number of carbonyl (C=O) groups excluding carboxylic acids is 1. The third-order valence-corrected chi connectivity index (χ3v) is 6.79.